The van der Waals surface area contributed by atoms with Gasteiger partial charge in [0.2, 0.25) is 0 Å². The topological polar surface area (TPSA) is 21.3 Å². The van der Waals surface area contributed by atoms with Crippen LogP contribution in [0, 0.1) is 0 Å². The molecule has 2 nitrogen and oxygen atoms in total. The van der Waals surface area contributed by atoms with Crippen molar-refractivity contribution in [3.05, 3.63) is 12.3 Å². The zero-order valence-corrected chi connectivity index (χ0v) is 8.68. The summed E-state index contributed by atoms with van der Waals surface area (Å²) in [6.07, 6.45) is 5.79. The minimum atomic E-state index is -0.00444. The Bertz CT molecular complexity index is 134. The van der Waals surface area contributed by atoms with Crippen LogP contribution in [0.5, 0.6) is 0 Å². The van der Waals surface area contributed by atoms with E-state index in [-0.39, 0.29) is 5.60 Å². The Labute approximate surface area is 76.0 Å². The van der Waals surface area contributed by atoms with Gasteiger partial charge in [-0.3, -0.25) is 0 Å². The molecule has 0 bridgehead atoms. The van der Waals surface area contributed by atoms with Crippen LogP contribution in [0.2, 0.25) is 0 Å². The van der Waals surface area contributed by atoms with Crippen molar-refractivity contribution in [2.24, 2.45) is 0 Å². The molecule has 0 rings (SSSR count). The molecule has 0 fully saturated rings. The molecule has 0 aliphatic heterocycles. The molecular weight excluding hydrogens is 150 g/mol. The number of hydrogen-bond acceptors (Lipinski definition) is 2. The fraction of sp³-hybridized carbons (Fsp3) is 0.800. The maximum Gasteiger partial charge on any atom is 0.106 e. The highest BCUT2D eigenvalue weighted by atomic mass is 16.5. The molecule has 12 heavy (non-hydrogen) atoms. The highest BCUT2D eigenvalue weighted by Gasteiger charge is 2.21. The second-order valence-corrected chi connectivity index (χ2v) is 3.24. The van der Waals surface area contributed by atoms with Gasteiger partial charge < -0.3 is 10.1 Å². The van der Waals surface area contributed by atoms with Gasteiger partial charge in [-0.15, -0.1) is 0 Å². The molecule has 0 heterocycles. The number of rotatable bonds is 6. The normalized spacial score (nSPS) is 16.3. The molecule has 0 amide bonds. The fourth-order valence-electron chi connectivity index (χ4n) is 0.941. The Morgan fingerprint density at radius 2 is 2.17 bits per heavy atom. The van der Waals surface area contributed by atoms with Crippen LogP contribution in [0.4, 0.5) is 0 Å². The average Bonchev–Trinajstić information content (AvgIpc) is 2.11. The van der Waals surface area contributed by atoms with E-state index in [4.69, 9.17) is 4.74 Å². The van der Waals surface area contributed by atoms with E-state index in [0.29, 0.717) is 0 Å². The number of ether oxygens (including phenoxy) is 1. The van der Waals surface area contributed by atoms with Crippen LogP contribution >= 0.6 is 0 Å². The van der Waals surface area contributed by atoms with Crippen LogP contribution in [-0.4, -0.2) is 19.2 Å². The number of hydrogen-bond donors (Lipinski definition) is 1. The van der Waals surface area contributed by atoms with E-state index >= 15 is 0 Å². The van der Waals surface area contributed by atoms with Gasteiger partial charge in [0.15, 0.2) is 0 Å². The van der Waals surface area contributed by atoms with Crippen molar-refractivity contribution in [2.45, 2.75) is 39.2 Å². The minimum Gasteiger partial charge on any atom is -0.495 e. The monoisotopic (exact) mass is 171 g/mol. The van der Waals surface area contributed by atoms with Crippen molar-refractivity contribution < 1.29 is 4.74 Å². The van der Waals surface area contributed by atoms with Gasteiger partial charge in [0.25, 0.3) is 0 Å². The molecule has 1 atom stereocenters. The summed E-state index contributed by atoms with van der Waals surface area (Å²) in [6, 6.07) is 0. The first-order chi connectivity index (χ1) is 5.68. The quantitative estimate of drug-likeness (QED) is 0.619. The van der Waals surface area contributed by atoms with Crippen molar-refractivity contribution in [1.82, 2.24) is 5.32 Å². The van der Waals surface area contributed by atoms with Crippen LogP contribution in [0.15, 0.2) is 12.3 Å². The predicted octanol–water partition coefficient (Wildman–Crippen LogP) is 2.31. The number of nitrogens with one attached hydrogen (secondary N) is 1. The lowest BCUT2D eigenvalue weighted by atomic mass is 9.99. The molecule has 0 spiro atoms. The van der Waals surface area contributed by atoms with Crippen LogP contribution in [-0.2, 0) is 4.74 Å². The smallest absolute Gasteiger partial charge is 0.106 e. The molecule has 0 saturated heterocycles. The summed E-state index contributed by atoms with van der Waals surface area (Å²) in [6.45, 7) is 7.26. The molecule has 0 aromatic rings. The van der Waals surface area contributed by atoms with Crippen molar-refractivity contribution in [3.63, 3.8) is 0 Å². The molecule has 0 aromatic carbocycles. The third-order valence-corrected chi connectivity index (χ3v) is 2.14. The zero-order valence-electron chi connectivity index (χ0n) is 8.68. The molecule has 72 valence electrons. The SMILES string of the molecule is C/C=C/OC(C)(CC)CCNC. The summed E-state index contributed by atoms with van der Waals surface area (Å²) in [5.74, 6) is 0. The molecule has 0 saturated carbocycles. The highest BCUT2D eigenvalue weighted by molar-refractivity contribution is 4.79. The lowest BCUT2D eigenvalue weighted by Crippen LogP contribution is -2.29. The van der Waals surface area contributed by atoms with Crippen LogP contribution in [0.25, 0.3) is 0 Å². The highest BCUT2D eigenvalue weighted by Crippen LogP contribution is 2.19. The second-order valence-electron chi connectivity index (χ2n) is 3.24. The molecule has 2 heteroatoms. The molecule has 0 aliphatic carbocycles. The van der Waals surface area contributed by atoms with Gasteiger partial charge in [0.05, 0.1) is 6.26 Å². The van der Waals surface area contributed by atoms with Gasteiger partial charge in [0.1, 0.15) is 5.60 Å². The number of allylic oxidation sites excluding steroid dienone is 1. The Hall–Kier alpha value is -0.500. The Balaban J connectivity index is 3.86. The van der Waals surface area contributed by atoms with E-state index in [9.17, 15) is 0 Å². The summed E-state index contributed by atoms with van der Waals surface area (Å²) < 4.78 is 5.61. The second kappa shape index (κ2) is 6.06. The van der Waals surface area contributed by atoms with Crippen LogP contribution < -0.4 is 5.32 Å². The summed E-state index contributed by atoms with van der Waals surface area (Å²) in [4.78, 5) is 0. The molecule has 0 radical (unpaired) electrons. The minimum absolute atomic E-state index is 0.00444. The summed E-state index contributed by atoms with van der Waals surface area (Å²) in [5.41, 5.74) is -0.00444. The zero-order chi connectivity index (χ0) is 9.45. The largest absolute Gasteiger partial charge is 0.495 e. The summed E-state index contributed by atoms with van der Waals surface area (Å²) in [7, 11) is 1.96. The van der Waals surface area contributed by atoms with E-state index in [1.165, 1.54) is 0 Å². The third kappa shape index (κ3) is 4.39. The average molecular weight is 171 g/mol. The first-order valence-electron chi connectivity index (χ1n) is 4.62. The van der Waals surface area contributed by atoms with Crippen molar-refractivity contribution >= 4 is 0 Å². The van der Waals surface area contributed by atoms with Gasteiger partial charge >= 0.3 is 0 Å². The third-order valence-electron chi connectivity index (χ3n) is 2.14. The van der Waals surface area contributed by atoms with Crippen molar-refractivity contribution in [1.29, 1.82) is 0 Å². The first-order valence-corrected chi connectivity index (χ1v) is 4.62. The Morgan fingerprint density at radius 3 is 2.58 bits per heavy atom. The molecule has 1 N–H and O–H groups in total. The van der Waals surface area contributed by atoms with Crippen molar-refractivity contribution in [3.8, 4) is 0 Å². The standard InChI is InChI=1S/C10H21NO/c1-5-9-12-10(3,6-2)7-8-11-4/h5,9,11H,6-8H2,1-4H3/b9-5+. The van der Waals surface area contributed by atoms with E-state index in [2.05, 4.69) is 19.2 Å². The molecule has 0 aromatic heterocycles. The lowest BCUT2D eigenvalue weighted by molar-refractivity contribution is 0.0283. The summed E-state index contributed by atoms with van der Waals surface area (Å²) in [5, 5.41) is 3.13. The molecule has 0 aliphatic rings. The van der Waals surface area contributed by atoms with E-state index in [1.54, 1.807) is 6.26 Å². The summed E-state index contributed by atoms with van der Waals surface area (Å²) >= 11 is 0. The van der Waals surface area contributed by atoms with E-state index in [1.807, 2.05) is 20.0 Å². The maximum atomic E-state index is 5.61. The van der Waals surface area contributed by atoms with Gasteiger partial charge in [0, 0.05) is 0 Å². The van der Waals surface area contributed by atoms with Gasteiger partial charge in [-0.25, -0.2) is 0 Å². The Kier molecular flexibility index (Phi) is 5.81. The fourth-order valence-corrected chi connectivity index (χ4v) is 0.941. The van der Waals surface area contributed by atoms with E-state index < -0.39 is 0 Å². The van der Waals surface area contributed by atoms with Gasteiger partial charge in [-0.1, -0.05) is 13.0 Å². The van der Waals surface area contributed by atoms with Crippen LogP contribution in [0.3, 0.4) is 0 Å². The first kappa shape index (κ1) is 11.5. The Morgan fingerprint density at radius 1 is 1.50 bits per heavy atom. The predicted molar refractivity (Wildman–Crippen MR) is 53.1 cm³/mol. The van der Waals surface area contributed by atoms with Gasteiger partial charge in [-0.05, 0) is 40.3 Å². The van der Waals surface area contributed by atoms with E-state index in [0.717, 1.165) is 19.4 Å². The van der Waals surface area contributed by atoms with Crippen molar-refractivity contribution in [2.75, 3.05) is 13.6 Å². The maximum absolute atomic E-state index is 5.61. The molecular formula is C10H21NO. The molecule has 1 unspecified atom stereocenters. The van der Waals surface area contributed by atoms with Gasteiger partial charge in [-0.2, -0.15) is 0 Å². The van der Waals surface area contributed by atoms with Crippen LogP contribution in [0.1, 0.15) is 33.6 Å². The lowest BCUT2D eigenvalue weighted by Gasteiger charge is -2.27.